The third-order valence-corrected chi connectivity index (χ3v) is 3.11. The number of nitrogens with zero attached hydrogens (tertiary/aromatic N) is 3. The van der Waals surface area contributed by atoms with E-state index in [1.165, 1.54) is 10.9 Å². The summed E-state index contributed by atoms with van der Waals surface area (Å²) in [6.07, 6.45) is -3.38. The Morgan fingerprint density at radius 1 is 1.38 bits per heavy atom. The molecule has 0 aliphatic carbocycles. The molecule has 2 amide bonds. The minimum Gasteiger partial charge on any atom is -0.332 e. The van der Waals surface area contributed by atoms with Gasteiger partial charge in [0.2, 0.25) is 0 Å². The van der Waals surface area contributed by atoms with Gasteiger partial charge in [0.05, 0.1) is 17.2 Å². The minimum atomic E-state index is -4.91. The van der Waals surface area contributed by atoms with E-state index >= 15 is 0 Å². The first-order valence-electron chi connectivity index (χ1n) is 6.56. The fraction of sp³-hybridized carbons (Fsp3) is 0.231. The van der Waals surface area contributed by atoms with Gasteiger partial charge in [0.15, 0.2) is 0 Å². The van der Waals surface area contributed by atoms with Gasteiger partial charge in [-0.2, -0.15) is 18.3 Å². The molecule has 1 aromatic heterocycles. The van der Waals surface area contributed by atoms with Crippen LogP contribution < -0.4 is 10.6 Å². The molecule has 0 unspecified atom stereocenters. The number of aromatic nitrogens is 2. The van der Waals surface area contributed by atoms with Crippen LogP contribution in [0.5, 0.6) is 0 Å². The molecule has 0 radical (unpaired) electrons. The molecule has 2 N–H and O–H groups in total. The van der Waals surface area contributed by atoms with E-state index in [9.17, 15) is 28.1 Å². The van der Waals surface area contributed by atoms with E-state index in [1.54, 1.807) is 13.1 Å². The van der Waals surface area contributed by atoms with Crippen LogP contribution in [0.1, 0.15) is 11.3 Å². The highest BCUT2D eigenvalue weighted by molar-refractivity contribution is 5.89. The van der Waals surface area contributed by atoms with Crippen molar-refractivity contribution in [3.05, 3.63) is 51.8 Å². The van der Waals surface area contributed by atoms with Crippen LogP contribution >= 0.6 is 0 Å². The van der Waals surface area contributed by atoms with Crippen LogP contribution in [0.4, 0.5) is 29.3 Å². The van der Waals surface area contributed by atoms with E-state index in [1.807, 2.05) is 0 Å². The largest absolute Gasteiger partial charge is 0.423 e. The van der Waals surface area contributed by atoms with Crippen molar-refractivity contribution in [1.29, 1.82) is 0 Å². The van der Waals surface area contributed by atoms with E-state index < -0.39 is 28.4 Å². The molecule has 0 aliphatic rings. The number of nitro benzene ring substituents is 1. The van der Waals surface area contributed by atoms with Crippen molar-refractivity contribution in [3.8, 4) is 0 Å². The monoisotopic (exact) mass is 343 g/mol. The quantitative estimate of drug-likeness (QED) is 0.658. The Bertz CT molecular complexity index is 772. The lowest BCUT2D eigenvalue weighted by molar-refractivity contribution is -0.388. The number of urea groups is 1. The molecule has 0 saturated carbocycles. The van der Waals surface area contributed by atoms with Crippen molar-refractivity contribution in [1.82, 2.24) is 15.1 Å². The first-order valence-corrected chi connectivity index (χ1v) is 6.56. The number of rotatable bonds is 4. The molecular formula is C13H12F3N5O3. The number of hydrogen-bond donors (Lipinski definition) is 2. The highest BCUT2D eigenvalue weighted by Crippen LogP contribution is 2.37. The molecule has 0 aliphatic heterocycles. The summed E-state index contributed by atoms with van der Waals surface area (Å²) in [5, 5.41) is 19.2. The van der Waals surface area contributed by atoms with E-state index in [2.05, 4.69) is 15.7 Å². The Balaban J connectivity index is 2.10. The van der Waals surface area contributed by atoms with Gasteiger partial charge in [0.25, 0.3) is 5.69 Å². The molecule has 11 heteroatoms. The zero-order valence-corrected chi connectivity index (χ0v) is 12.3. The number of halogens is 3. The second kappa shape index (κ2) is 6.56. The van der Waals surface area contributed by atoms with E-state index in [-0.39, 0.29) is 12.2 Å². The number of aryl methyl sites for hydroxylation is 1. The van der Waals surface area contributed by atoms with Gasteiger partial charge in [-0.1, -0.05) is 0 Å². The van der Waals surface area contributed by atoms with Crippen molar-refractivity contribution < 1.29 is 22.9 Å². The number of carbonyl (C=O) groups is 1. The fourth-order valence-corrected chi connectivity index (χ4v) is 1.92. The van der Waals surface area contributed by atoms with Crippen molar-refractivity contribution >= 4 is 17.4 Å². The molecule has 8 nitrogen and oxygen atoms in total. The lowest BCUT2D eigenvalue weighted by Crippen LogP contribution is -2.29. The standard InChI is InChI=1S/C13H12F3N5O3/c1-20-9(4-5-18-20)7-17-12(22)19-8-2-3-11(21(23)24)10(6-8)13(14,15)16/h2-6H,7H2,1H3,(H2,17,19,22). The molecule has 2 rings (SSSR count). The zero-order valence-electron chi connectivity index (χ0n) is 12.3. The third-order valence-electron chi connectivity index (χ3n) is 3.11. The molecule has 128 valence electrons. The van der Waals surface area contributed by atoms with Gasteiger partial charge in [-0.25, -0.2) is 4.79 Å². The van der Waals surface area contributed by atoms with Gasteiger partial charge < -0.3 is 10.6 Å². The number of nitrogens with one attached hydrogen (secondary N) is 2. The molecule has 24 heavy (non-hydrogen) atoms. The average Bonchev–Trinajstić information content (AvgIpc) is 2.89. The van der Waals surface area contributed by atoms with Crippen LogP contribution in [0.3, 0.4) is 0 Å². The lowest BCUT2D eigenvalue weighted by Gasteiger charge is -2.11. The lowest BCUT2D eigenvalue weighted by atomic mass is 10.1. The summed E-state index contributed by atoms with van der Waals surface area (Å²) in [6.45, 7) is 0.113. The van der Waals surface area contributed by atoms with E-state index in [0.29, 0.717) is 17.8 Å². The maximum absolute atomic E-state index is 12.9. The summed E-state index contributed by atoms with van der Waals surface area (Å²) < 4.78 is 40.1. The van der Waals surface area contributed by atoms with Crippen LogP contribution in [0.2, 0.25) is 0 Å². The molecule has 0 fully saturated rings. The van der Waals surface area contributed by atoms with Crippen LogP contribution in [0, 0.1) is 10.1 Å². The molecule has 0 saturated heterocycles. The maximum atomic E-state index is 12.9. The third kappa shape index (κ3) is 4.00. The predicted octanol–water partition coefficient (Wildman–Crippen LogP) is 2.67. The number of carbonyl (C=O) groups excluding carboxylic acids is 1. The molecule has 2 aromatic rings. The Labute approximate surface area is 133 Å². The predicted molar refractivity (Wildman–Crippen MR) is 77.2 cm³/mol. The van der Waals surface area contributed by atoms with Gasteiger partial charge in [-0.15, -0.1) is 0 Å². The summed E-state index contributed by atoms with van der Waals surface area (Å²) in [5.41, 5.74) is -2.04. The van der Waals surface area contributed by atoms with Gasteiger partial charge in [-0.3, -0.25) is 14.8 Å². The number of alkyl halides is 3. The highest BCUT2D eigenvalue weighted by Gasteiger charge is 2.38. The van der Waals surface area contributed by atoms with Gasteiger partial charge in [0.1, 0.15) is 5.56 Å². The van der Waals surface area contributed by atoms with Crippen LogP contribution in [-0.4, -0.2) is 20.7 Å². The van der Waals surface area contributed by atoms with Crippen molar-refractivity contribution in [2.75, 3.05) is 5.32 Å². The number of amides is 2. The summed E-state index contributed by atoms with van der Waals surface area (Å²) in [7, 11) is 1.67. The summed E-state index contributed by atoms with van der Waals surface area (Å²) >= 11 is 0. The van der Waals surface area contributed by atoms with Gasteiger partial charge >= 0.3 is 12.2 Å². The van der Waals surface area contributed by atoms with Crippen LogP contribution in [-0.2, 0) is 19.8 Å². The fourth-order valence-electron chi connectivity index (χ4n) is 1.92. The average molecular weight is 343 g/mol. The molecule has 1 heterocycles. The normalized spacial score (nSPS) is 11.2. The van der Waals surface area contributed by atoms with Crippen molar-refractivity contribution in [3.63, 3.8) is 0 Å². The second-order valence-corrected chi connectivity index (χ2v) is 4.74. The summed E-state index contributed by atoms with van der Waals surface area (Å²) in [5.74, 6) is 0. The summed E-state index contributed by atoms with van der Waals surface area (Å²) in [6, 6.07) is 3.14. The molecule has 1 aromatic carbocycles. The first kappa shape index (κ1) is 17.2. The Kier molecular flexibility index (Phi) is 4.71. The van der Waals surface area contributed by atoms with Crippen molar-refractivity contribution in [2.45, 2.75) is 12.7 Å². The second-order valence-electron chi connectivity index (χ2n) is 4.74. The number of benzene rings is 1. The van der Waals surface area contributed by atoms with Crippen LogP contribution in [0.15, 0.2) is 30.5 Å². The molecular weight excluding hydrogens is 331 g/mol. The first-order chi connectivity index (χ1) is 11.2. The Hall–Kier alpha value is -3.11. The molecule has 0 spiro atoms. The molecule has 0 bridgehead atoms. The Morgan fingerprint density at radius 3 is 2.62 bits per heavy atom. The van der Waals surface area contributed by atoms with Crippen molar-refractivity contribution in [2.24, 2.45) is 7.05 Å². The zero-order chi connectivity index (χ0) is 17.9. The Morgan fingerprint density at radius 2 is 2.08 bits per heavy atom. The van der Waals surface area contributed by atoms with Gasteiger partial charge in [-0.05, 0) is 18.2 Å². The number of nitro groups is 1. The minimum absolute atomic E-state index is 0.113. The molecule has 0 atom stereocenters. The smallest absolute Gasteiger partial charge is 0.332 e. The van der Waals surface area contributed by atoms with E-state index in [0.717, 1.165) is 6.07 Å². The maximum Gasteiger partial charge on any atom is 0.423 e. The van der Waals surface area contributed by atoms with E-state index in [4.69, 9.17) is 0 Å². The highest BCUT2D eigenvalue weighted by atomic mass is 19.4. The summed E-state index contributed by atoms with van der Waals surface area (Å²) in [4.78, 5) is 21.3. The van der Waals surface area contributed by atoms with Gasteiger partial charge in [0, 0.05) is 25.0 Å². The number of hydrogen-bond acceptors (Lipinski definition) is 4. The van der Waals surface area contributed by atoms with Crippen LogP contribution in [0.25, 0.3) is 0 Å². The topological polar surface area (TPSA) is 102 Å². The SMILES string of the molecule is Cn1nccc1CNC(=O)Nc1ccc([N+](=O)[O-])c(C(F)(F)F)c1. The number of anilines is 1.